The van der Waals surface area contributed by atoms with Crippen LogP contribution in [0.15, 0.2) is 18.2 Å². The molecule has 4 nitrogen and oxygen atoms in total. The van der Waals surface area contributed by atoms with E-state index in [4.69, 9.17) is 21.4 Å². The lowest BCUT2D eigenvalue weighted by molar-refractivity contribution is -0.139. The van der Waals surface area contributed by atoms with Crippen LogP contribution in [0.5, 0.6) is 5.75 Å². The largest absolute Gasteiger partial charge is 0.495 e. The van der Waals surface area contributed by atoms with E-state index < -0.39 is 12.0 Å². The SMILES string of the molecule is COc1ccc(CNC(C)C(=O)O)cc1Cl.Cl. The van der Waals surface area contributed by atoms with Gasteiger partial charge in [-0.25, -0.2) is 0 Å². The molecule has 0 fully saturated rings. The number of hydrogen-bond donors (Lipinski definition) is 2. The smallest absolute Gasteiger partial charge is 0.320 e. The van der Waals surface area contributed by atoms with E-state index in [0.717, 1.165) is 5.56 Å². The quantitative estimate of drug-likeness (QED) is 0.869. The monoisotopic (exact) mass is 279 g/mol. The van der Waals surface area contributed by atoms with Crippen LogP contribution in [-0.4, -0.2) is 24.2 Å². The first-order chi connectivity index (χ1) is 7.54. The first kappa shape index (κ1) is 16.0. The predicted molar refractivity (Wildman–Crippen MR) is 69.2 cm³/mol. The van der Waals surface area contributed by atoms with Gasteiger partial charge in [0.2, 0.25) is 0 Å². The number of hydrogen-bond acceptors (Lipinski definition) is 3. The number of methoxy groups -OCH3 is 1. The minimum atomic E-state index is -0.875. The summed E-state index contributed by atoms with van der Waals surface area (Å²) in [5.74, 6) is -0.267. The normalized spacial score (nSPS) is 11.5. The highest BCUT2D eigenvalue weighted by atomic mass is 35.5. The lowest BCUT2D eigenvalue weighted by Crippen LogP contribution is -2.33. The molecule has 17 heavy (non-hydrogen) atoms. The van der Waals surface area contributed by atoms with E-state index in [1.165, 1.54) is 0 Å². The summed E-state index contributed by atoms with van der Waals surface area (Å²) in [5.41, 5.74) is 0.916. The molecule has 0 heterocycles. The third-order valence-electron chi connectivity index (χ3n) is 2.20. The van der Waals surface area contributed by atoms with Crippen LogP contribution >= 0.6 is 24.0 Å². The Balaban J connectivity index is 0.00000256. The van der Waals surface area contributed by atoms with Crippen molar-refractivity contribution in [3.8, 4) is 5.75 Å². The molecule has 1 atom stereocenters. The maximum Gasteiger partial charge on any atom is 0.320 e. The fraction of sp³-hybridized carbons (Fsp3) is 0.364. The Hall–Kier alpha value is -0.970. The van der Waals surface area contributed by atoms with E-state index in [1.54, 1.807) is 26.2 Å². The molecule has 96 valence electrons. The van der Waals surface area contributed by atoms with E-state index in [1.807, 2.05) is 6.07 Å². The minimum absolute atomic E-state index is 0. The first-order valence-corrected chi connectivity index (χ1v) is 5.21. The van der Waals surface area contributed by atoms with E-state index in [9.17, 15) is 4.79 Å². The number of ether oxygens (including phenoxy) is 1. The summed E-state index contributed by atoms with van der Waals surface area (Å²) >= 11 is 5.94. The van der Waals surface area contributed by atoms with Gasteiger partial charge in [-0.1, -0.05) is 17.7 Å². The summed E-state index contributed by atoms with van der Waals surface area (Å²) in [4.78, 5) is 10.6. The average Bonchev–Trinajstić information content (AvgIpc) is 2.25. The van der Waals surface area contributed by atoms with Gasteiger partial charge in [-0.15, -0.1) is 12.4 Å². The highest BCUT2D eigenvalue weighted by Crippen LogP contribution is 2.24. The number of halogens is 2. The van der Waals surface area contributed by atoms with Gasteiger partial charge in [0.25, 0.3) is 0 Å². The molecule has 0 radical (unpaired) electrons. The van der Waals surface area contributed by atoms with E-state index in [2.05, 4.69) is 5.32 Å². The highest BCUT2D eigenvalue weighted by Gasteiger charge is 2.09. The van der Waals surface area contributed by atoms with Crippen LogP contribution < -0.4 is 10.1 Å². The molecule has 0 aromatic heterocycles. The molecule has 1 aromatic carbocycles. The minimum Gasteiger partial charge on any atom is -0.495 e. The van der Waals surface area contributed by atoms with E-state index in [0.29, 0.717) is 17.3 Å². The van der Waals surface area contributed by atoms with Gasteiger partial charge >= 0.3 is 5.97 Å². The maximum absolute atomic E-state index is 10.6. The van der Waals surface area contributed by atoms with Gasteiger partial charge in [-0.2, -0.15) is 0 Å². The van der Waals surface area contributed by atoms with Gasteiger partial charge in [0.1, 0.15) is 11.8 Å². The standard InChI is InChI=1S/C11H14ClNO3.ClH/c1-7(11(14)15)13-6-8-3-4-10(16-2)9(12)5-8;/h3-5,7,13H,6H2,1-2H3,(H,14,15);1H. The Labute approximate surface area is 111 Å². The third kappa shape index (κ3) is 4.81. The Morgan fingerprint density at radius 3 is 2.71 bits per heavy atom. The van der Waals surface area contributed by atoms with Crippen LogP contribution in [0.25, 0.3) is 0 Å². The second-order valence-corrected chi connectivity index (χ2v) is 3.82. The Morgan fingerprint density at radius 1 is 1.59 bits per heavy atom. The molecule has 0 saturated carbocycles. The fourth-order valence-electron chi connectivity index (χ4n) is 1.18. The summed E-state index contributed by atoms with van der Waals surface area (Å²) in [6, 6.07) is 4.76. The van der Waals surface area contributed by atoms with Gasteiger partial charge in [0.15, 0.2) is 0 Å². The number of benzene rings is 1. The summed E-state index contributed by atoms with van der Waals surface area (Å²) in [6.07, 6.45) is 0. The van der Waals surface area contributed by atoms with Crippen molar-refractivity contribution in [3.05, 3.63) is 28.8 Å². The number of carboxylic acids is 1. The molecule has 1 aromatic rings. The summed E-state index contributed by atoms with van der Waals surface area (Å²) in [7, 11) is 1.55. The maximum atomic E-state index is 10.6. The average molecular weight is 280 g/mol. The zero-order valence-electron chi connectivity index (χ0n) is 9.57. The highest BCUT2D eigenvalue weighted by molar-refractivity contribution is 6.32. The van der Waals surface area contributed by atoms with Gasteiger partial charge in [-0.3, -0.25) is 4.79 Å². The second-order valence-electron chi connectivity index (χ2n) is 3.41. The molecular formula is C11H15Cl2NO3. The lowest BCUT2D eigenvalue weighted by atomic mass is 10.2. The van der Waals surface area contributed by atoms with Crippen molar-refractivity contribution in [2.75, 3.05) is 7.11 Å². The first-order valence-electron chi connectivity index (χ1n) is 4.83. The van der Waals surface area contributed by atoms with E-state index >= 15 is 0 Å². The van der Waals surface area contributed by atoms with Gasteiger partial charge in [0, 0.05) is 6.54 Å². The van der Waals surface area contributed by atoms with E-state index in [-0.39, 0.29) is 12.4 Å². The number of carboxylic acid groups (broad SMARTS) is 1. The van der Waals surface area contributed by atoms with Crippen molar-refractivity contribution < 1.29 is 14.6 Å². The van der Waals surface area contributed by atoms with Crippen LogP contribution in [-0.2, 0) is 11.3 Å². The fourth-order valence-corrected chi connectivity index (χ4v) is 1.46. The molecule has 0 aliphatic rings. The topological polar surface area (TPSA) is 58.6 Å². The number of nitrogens with one attached hydrogen (secondary N) is 1. The van der Waals surface area contributed by atoms with Gasteiger partial charge in [-0.05, 0) is 24.6 Å². The Kier molecular flexibility index (Phi) is 6.95. The van der Waals surface area contributed by atoms with Crippen molar-refractivity contribution in [1.82, 2.24) is 5.32 Å². The Bertz CT molecular complexity index is 385. The van der Waals surface area contributed by atoms with Crippen LogP contribution in [0.1, 0.15) is 12.5 Å². The van der Waals surface area contributed by atoms with Crippen molar-refractivity contribution in [2.45, 2.75) is 19.5 Å². The molecule has 0 aliphatic carbocycles. The van der Waals surface area contributed by atoms with Crippen molar-refractivity contribution in [1.29, 1.82) is 0 Å². The molecular weight excluding hydrogens is 265 g/mol. The molecule has 1 rings (SSSR count). The van der Waals surface area contributed by atoms with Gasteiger partial charge < -0.3 is 15.2 Å². The number of aliphatic carboxylic acids is 1. The molecule has 1 unspecified atom stereocenters. The Morgan fingerprint density at radius 2 is 2.24 bits per heavy atom. The van der Waals surface area contributed by atoms with Crippen molar-refractivity contribution in [2.24, 2.45) is 0 Å². The predicted octanol–water partition coefficient (Wildman–Crippen LogP) is 2.33. The zero-order chi connectivity index (χ0) is 12.1. The summed E-state index contributed by atoms with van der Waals surface area (Å²) in [5, 5.41) is 12.1. The van der Waals surface area contributed by atoms with Crippen molar-refractivity contribution >= 4 is 30.0 Å². The third-order valence-corrected chi connectivity index (χ3v) is 2.49. The van der Waals surface area contributed by atoms with Gasteiger partial charge in [0.05, 0.1) is 12.1 Å². The molecule has 0 saturated heterocycles. The van der Waals surface area contributed by atoms with Crippen molar-refractivity contribution in [3.63, 3.8) is 0 Å². The molecule has 6 heteroatoms. The van der Waals surface area contributed by atoms with Crippen LogP contribution in [0, 0.1) is 0 Å². The van der Waals surface area contributed by atoms with Crippen LogP contribution in [0.2, 0.25) is 5.02 Å². The molecule has 2 N–H and O–H groups in total. The number of carbonyl (C=O) groups is 1. The zero-order valence-corrected chi connectivity index (χ0v) is 11.1. The number of rotatable bonds is 5. The summed E-state index contributed by atoms with van der Waals surface area (Å²) < 4.78 is 5.02. The van der Waals surface area contributed by atoms with Crippen LogP contribution in [0.4, 0.5) is 0 Å². The molecule has 0 spiro atoms. The molecule has 0 amide bonds. The lowest BCUT2D eigenvalue weighted by Gasteiger charge is -2.10. The van der Waals surface area contributed by atoms with Crippen LogP contribution in [0.3, 0.4) is 0 Å². The molecule has 0 bridgehead atoms. The second kappa shape index (κ2) is 7.37. The summed E-state index contributed by atoms with van der Waals surface area (Å²) in [6.45, 7) is 2.05. The molecule has 0 aliphatic heterocycles.